The number of anilines is 4. The van der Waals surface area contributed by atoms with Gasteiger partial charge in [0.15, 0.2) is 0 Å². The molecule has 36 heavy (non-hydrogen) atoms. The largest absolute Gasteiger partial charge is 0.478 e. The first-order chi connectivity index (χ1) is 17.3. The lowest BCUT2D eigenvalue weighted by Gasteiger charge is -2.12. The molecule has 0 aliphatic carbocycles. The van der Waals surface area contributed by atoms with E-state index < -0.39 is 11.9 Å². The van der Waals surface area contributed by atoms with E-state index in [9.17, 15) is 9.59 Å². The number of carbonyl (C=O) groups is 2. The molecule has 0 amide bonds. The zero-order chi connectivity index (χ0) is 26.1. The number of rotatable bonds is 10. The summed E-state index contributed by atoms with van der Waals surface area (Å²) in [5.41, 5.74) is 2.89. The van der Waals surface area contributed by atoms with Gasteiger partial charge in [-0.1, -0.05) is 6.08 Å². The van der Waals surface area contributed by atoms with E-state index in [-0.39, 0.29) is 17.5 Å². The summed E-state index contributed by atoms with van der Waals surface area (Å²) in [6.45, 7) is 1.95. The molecule has 0 aliphatic rings. The molecule has 0 unspecified atom stereocenters. The highest BCUT2D eigenvalue weighted by atomic mass is 16.5. The van der Waals surface area contributed by atoms with Crippen molar-refractivity contribution in [3.63, 3.8) is 0 Å². The standard InChI is InChI=1S/C25H27N7O4/c1-5-20(32(2)3)14-15-26-23-29-24(27-18-10-6-16(7-11-18)21(33)34)31-25(30-23)28-19-12-8-17(9-13-19)22(35)36-4/h5-15H,1-4H3,(H,33,34)(H3,26,27,28,29,30,31)/p+1/b15-14-,20-5+. The number of aromatic carboxylic acids is 1. The first-order valence-corrected chi connectivity index (χ1v) is 11.0. The zero-order valence-corrected chi connectivity index (χ0v) is 20.4. The number of aromatic nitrogens is 3. The topological polar surface area (TPSA) is 146 Å². The molecule has 3 rings (SSSR count). The summed E-state index contributed by atoms with van der Waals surface area (Å²) in [5.74, 6) is -0.495. The van der Waals surface area contributed by atoms with E-state index in [1.54, 1.807) is 41.7 Å². The molecule has 0 aliphatic heterocycles. The average molecular weight is 491 g/mol. The van der Waals surface area contributed by atoms with Gasteiger partial charge in [-0.25, -0.2) is 9.59 Å². The first-order valence-electron chi connectivity index (χ1n) is 11.0. The minimum absolute atomic E-state index is 0.175. The van der Waals surface area contributed by atoms with Gasteiger partial charge in [-0.2, -0.15) is 4.98 Å². The van der Waals surface area contributed by atoms with E-state index in [0.717, 1.165) is 5.70 Å². The summed E-state index contributed by atoms with van der Waals surface area (Å²) >= 11 is 0. The number of ether oxygens (including phenoxy) is 1. The molecule has 186 valence electrons. The molecule has 0 bridgehead atoms. The number of hydrogen-bond donors (Lipinski definition) is 4. The van der Waals surface area contributed by atoms with Crippen molar-refractivity contribution in [3.05, 3.63) is 83.7 Å². The van der Waals surface area contributed by atoms with E-state index in [1.165, 1.54) is 19.2 Å². The lowest BCUT2D eigenvalue weighted by Crippen LogP contribution is -2.72. The van der Waals surface area contributed by atoms with Gasteiger partial charge in [0.2, 0.25) is 11.9 Å². The number of nitrogens with zero attached hydrogens (tertiary/aromatic N) is 4. The monoisotopic (exact) mass is 490 g/mol. The normalized spacial score (nSPS) is 11.3. The van der Waals surface area contributed by atoms with Crippen LogP contribution in [0, 0.1) is 0 Å². The Morgan fingerprint density at radius 3 is 1.89 bits per heavy atom. The Kier molecular flexibility index (Phi) is 8.68. The van der Waals surface area contributed by atoms with Crippen LogP contribution in [0.2, 0.25) is 0 Å². The molecule has 0 fully saturated rings. The number of carboxylic acid groups (broad SMARTS) is 1. The Balaban J connectivity index is 1.87. The summed E-state index contributed by atoms with van der Waals surface area (Å²) < 4.78 is 4.73. The van der Waals surface area contributed by atoms with Gasteiger partial charge in [-0.05, 0) is 55.5 Å². The summed E-state index contributed by atoms with van der Waals surface area (Å²) in [7, 11) is 5.23. The maximum absolute atomic E-state index is 11.7. The van der Waals surface area contributed by atoms with E-state index in [1.807, 2.05) is 44.3 Å². The quantitative estimate of drug-likeness (QED) is 0.247. The number of hydrogen-bond acceptors (Lipinski definition) is 9. The number of allylic oxidation sites excluding steroid dienone is 2. The van der Waals surface area contributed by atoms with Crippen LogP contribution in [-0.2, 0) is 4.74 Å². The fourth-order valence-electron chi connectivity index (χ4n) is 3.08. The second-order valence-corrected chi connectivity index (χ2v) is 7.68. The Hall–Kier alpha value is -4.77. The molecular weight excluding hydrogens is 462 g/mol. The first kappa shape index (κ1) is 25.8. The summed E-state index contributed by atoms with van der Waals surface area (Å²) in [6.07, 6.45) is 5.75. The lowest BCUT2D eigenvalue weighted by molar-refractivity contribution is -0.504. The number of likely N-dealkylation sites (N-methyl/N-ethyl adjacent to an activating group) is 1. The third-order valence-corrected chi connectivity index (χ3v) is 4.93. The second-order valence-electron chi connectivity index (χ2n) is 7.68. The second kappa shape index (κ2) is 12.1. The molecule has 0 saturated heterocycles. The Morgan fingerprint density at radius 2 is 1.44 bits per heavy atom. The Bertz CT molecular complexity index is 1270. The van der Waals surface area contributed by atoms with E-state index in [2.05, 4.69) is 25.6 Å². The fourth-order valence-corrected chi connectivity index (χ4v) is 3.08. The maximum Gasteiger partial charge on any atom is 0.337 e. The predicted molar refractivity (Wildman–Crippen MR) is 136 cm³/mol. The molecule has 0 radical (unpaired) electrons. The molecule has 11 heteroatoms. The predicted octanol–water partition coefficient (Wildman–Crippen LogP) is 3.02. The van der Waals surface area contributed by atoms with Crippen molar-refractivity contribution in [3.8, 4) is 0 Å². The van der Waals surface area contributed by atoms with Gasteiger partial charge in [-0.3, -0.25) is 5.32 Å². The smallest absolute Gasteiger partial charge is 0.337 e. The maximum atomic E-state index is 11.7. The van der Waals surface area contributed by atoms with Gasteiger partial charge in [0.25, 0.3) is 0 Å². The van der Waals surface area contributed by atoms with Gasteiger partial charge in [0, 0.05) is 37.2 Å². The van der Waals surface area contributed by atoms with Crippen LogP contribution < -0.4 is 16.0 Å². The molecule has 2 aromatic carbocycles. The Labute approximate surface area is 208 Å². The highest BCUT2D eigenvalue weighted by molar-refractivity contribution is 5.89. The summed E-state index contributed by atoms with van der Waals surface area (Å²) in [5, 5.41) is 17.0. The number of nitrogens with two attached hydrogens (primary N) is 1. The minimum Gasteiger partial charge on any atom is -0.478 e. The zero-order valence-electron chi connectivity index (χ0n) is 20.4. The van der Waals surface area contributed by atoms with Gasteiger partial charge in [0.05, 0.1) is 18.2 Å². The van der Waals surface area contributed by atoms with Crippen molar-refractivity contribution < 1.29 is 24.7 Å². The van der Waals surface area contributed by atoms with Crippen LogP contribution >= 0.6 is 0 Å². The van der Waals surface area contributed by atoms with Crippen molar-refractivity contribution in [1.82, 2.24) is 19.9 Å². The molecule has 0 atom stereocenters. The van der Waals surface area contributed by atoms with Crippen LogP contribution in [0.4, 0.5) is 29.2 Å². The minimum atomic E-state index is -1.01. The van der Waals surface area contributed by atoms with E-state index in [4.69, 9.17) is 9.84 Å². The number of carbonyl (C=O) groups excluding carboxylic acids is 1. The van der Waals surface area contributed by atoms with Crippen molar-refractivity contribution in [2.45, 2.75) is 6.92 Å². The molecule has 1 aromatic heterocycles. The number of nitrogens with one attached hydrogen (secondary N) is 2. The SMILES string of the molecule is C/C=C(\C=C/[NH2+]c1nc(Nc2ccc(C(=O)O)cc2)nc(Nc2ccc(C(=O)OC)cc2)n1)N(C)C. The molecule has 0 spiro atoms. The average Bonchev–Trinajstić information content (AvgIpc) is 2.86. The van der Waals surface area contributed by atoms with Crippen molar-refractivity contribution in [2.75, 3.05) is 31.8 Å². The molecular formula is C25H28N7O4+. The number of quaternary nitrogens is 1. The summed E-state index contributed by atoms with van der Waals surface area (Å²) in [4.78, 5) is 38.1. The van der Waals surface area contributed by atoms with Crippen LogP contribution in [0.25, 0.3) is 0 Å². The molecule has 1 heterocycles. The molecule has 11 nitrogen and oxygen atoms in total. The van der Waals surface area contributed by atoms with Crippen molar-refractivity contribution in [2.24, 2.45) is 0 Å². The van der Waals surface area contributed by atoms with Crippen LogP contribution in [0.15, 0.2) is 72.6 Å². The van der Waals surface area contributed by atoms with Gasteiger partial charge >= 0.3 is 17.9 Å². The van der Waals surface area contributed by atoms with Gasteiger partial charge in [-0.15, -0.1) is 9.97 Å². The van der Waals surface area contributed by atoms with Crippen molar-refractivity contribution >= 4 is 41.2 Å². The number of methoxy groups -OCH3 is 1. The summed E-state index contributed by atoms with van der Waals surface area (Å²) in [6, 6.07) is 12.9. The van der Waals surface area contributed by atoms with E-state index in [0.29, 0.717) is 22.9 Å². The van der Waals surface area contributed by atoms with Crippen LogP contribution in [0.3, 0.4) is 0 Å². The van der Waals surface area contributed by atoms with Crippen LogP contribution in [0.5, 0.6) is 0 Å². The fraction of sp³-hybridized carbons (Fsp3) is 0.160. The highest BCUT2D eigenvalue weighted by Crippen LogP contribution is 2.19. The van der Waals surface area contributed by atoms with Gasteiger partial charge in [0.1, 0.15) is 6.20 Å². The number of benzene rings is 2. The number of esters is 1. The van der Waals surface area contributed by atoms with E-state index >= 15 is 0 Å². The number of carboxylic acids is 1. The Morgan fingerprint density at radius 1 is 0.917 bits per heavy atom. The molecule has 3 aromatic rings. The molecule has 5 N–H and O–H groups in total. The third-order valence-electron chi connectivity index (χ3n) is 4.93. The van der Waals surface area contributed by atoms with Crippen LogP contribution in [0.1, 0.15) is 27.6 Å². The molecule has 0 saturated carbocycles. The third kappa shape index (κ3) is 7.11. The highest BCUT2D eigenvalue weighted by Gasteiger charge is 2.11. The van der Waals surface area contributed by atoms with Crippen molar-refractivity contribution in [1.29, 1.82) is 0 Å². The van der Waals surface area contributed by atoms with Crippen LogP contribution in [-0.4, -0.2) is 58.1 Å². The lowest BCUT2D eigenvalue weighted by atomic mass is 10.2. The van der Waals surface area contributed by atoms with Gasteiger partial charge < -0.3 is 25.4 Å².